The van der Waals surface area contributed by atoms with E-state index >= 15 is 0 Å². The quantitative estimate of drug-likeness (QED) is 0.182. The molecule has 3 N–H and O–H groups in total. The van der Waals surface area contributed by atoms with Crippen molar-refractivity contribution in [3.05, 3.63) is 103 Å². The summed E-state index contributed by atoms with van der Waals surface area (Å²) < 4.78 is 28.2. The molecule has 0 radical (unpaired) electrons. The predicted molar refractivity (Wildman–Crippen MR) is 152 cm³/mol. The second-order valence-corrected chi connectivity index (χ2v) is 12.8. The summed E-state index contributed by atoms with van der Waals surface area (Å²) in [5.41, 5.74) is 2.97. The van der Waals surface area contributed by atoms with Crippen molar-refractivity contribution >= 4 is 57.6 Å². The number of nitrogens with one attached hydrogen (secondary N) is 1. The van der Waals surface area contributed by atoms with Crippen molar-refractivity contribution in [3.8, 4) is 16.9 Å². The molecule has 0 bridgehead atoms. The summed E-state index contributed by atoms with van der Waals surface area (Å²) in [6, 6.07) is 30.2. The third-order valence-electron chi connectivity index (χ3n) is 6.47. The van der Waals surface area contributed by atoms with Crippen molar-refractivity contribution in [1.29, 1.82) is 0 Å². The number of carbonyl (C=O) groups excluding carboxylic acids is 2. The molecule has 196 valence electrons. The number of aromatic hydroxyl groups is 1. The van der Waals surface area contributed by atoms with Crippen molar-refractivity contribution in [2.75, 3.05) is 5.32 Å². The van der Waals surface area contributed by atoms with Crippen LogP contribution in [0.25, 0.3) is 32.7 Å². The molecule has 1 unspecified atom stereocenters. The van der Waals surface area contributed by atoms with E-state index in [1.807, 2.05) is 48.5 Å². The van der Waals surface area contributed by atoms with Crippen LogP contribution in [0.15, 0.2) is 97.1 Å². The molecule has 8 heteroatoms. The number of benzene rings is 5. The van der Waals surface area contributed by atoms with Gasteiger partial charge in [0.15, 0.2) is 0 Å². The van der Waals surface area contributed by atoms with Crippen LogP contribution in [0.4, 0.5) is 5.69 Å². The Morgan fingerprint density at radius 2 is 1.51 bits per heavy atom. The molecule has 1 atom stereocenters. The summed E-state index contributed by atoms with van der Waals surface area (Å²) >= 11 is -5.34. The van der Waals surface area contributed by atoms with Gasteiger partial charge in [0.25, 0.3) is 0 Å². The molecule has 0 aliphatic heterocycles. The summed E-state index contributed by atoms with van der Waals surface area (Å²) in [6.45, 7) is 1.22. The first-order chi connectivity index (χ1) is 18.7. The molecule has 0 saturated heterocycles. The van der Waals surface area contributed by atoms with Gasteiger partial charge < -0.3 is 0 Å². The van der Waals surface area contributed by atoms with Crippen molar-refractivity contribution < 1.29 is 26.3 Å². The van der Waals surface area contributed by atoms with Gasteiger partial charge in [-0.2, -0.15) is 0 Å². The molecule has 0 heterocycles. The number of carbonyl (C=O) groups is 2. The number of hydrogen-bond acceptors (Lipinski definition) is 5. The minimum absolute atomic E-state index is 0.0721. The normalized spacial score (nSPS) is 12.7. The SMILES string of the molecule is CC(=O)Nc1cc(O)ccc1[As](=O)(O)OC(=O)CCc1ccc(-c2cc3ccccc3c3ccccc23)cc1. The van der Waals surface area contributed by atoms with Gasteiger partial charge in [0, 0.05) is 0 Å². The van der Waals surface area contributed by atoms with Crippen LogP contribution in [0.5, 0.6) is 5.75 Å². The Hall–Kier alpha value is -4.32. The summed E-state index contributed by atoms with van der Waals surface area (Å²) in [5, 5.41) is 16.8. The molecule has 39 heavy (non-hydrogen) atoms. The zero-order valence-corrected chi connectivity index (χ0v) is 23.0. The molecule has 0 fully saturated rings. The molecular weight excluding hydrogens is 557 g/mol. The Kier molecular flexibility index (Phi) is 7.29. The number of rotatable bonds is 7. The van der Waals surface area contributed by atoms with Crippen LogP contribution >= 0.6 is 0 Å². The fourth-order valence-corrected chi connectivity index (χ4v) is 7.10. The van der Waals surface area contributed by atoms with E-state index in [2.05, 4.69) is 35.6 Å². The first-order valence-electron chi connectivity index (χ1n) is 12.4. The van der Waals surface area contributed by atoms with E-state index in [0.717, 1.165) is 33.5 Å². The van der Waals surface area contributed by atoms with Gasteiger partial charge in [-0.25, -0.2) is 0 Å². The van der Waals surface area contributed by atoms with Crippen molar-refractivity contribution in [1.82, 2.24) is 0 Å². The minimum atomic E-state index is -5.34. The van der Waals surface area contributed by atoms with E-state index in [-0.39, 0.29) is 22.2 Å². The zero-order chi connectivity index (χ0) is 27.6. The summed E-state index contributed by atoms with van der Waals surface area (Å²) in [5.74, 6) is -1.53. The topological polar surface area (TPSA) is 113 Å². The van der Waals surface area contributed by atoms with E-state index in [1.54, 1.807) is 0 Å². The van der Waals surface area contributed by atoms with Gasteiger partial charge in [-0.3, -0.25) is 0 Å². The third-order valence-corrected chi connectivity index (χ3v) is 9.51. The third kappa shape index (κ3) is 5.75. The first-order valence-corrected chi connectivity index (χ1v) is 15.7. The number of amides is 1. The van der Waals surface area contributed by atoms with Crippen LogP contribution in [0, 0.1) is 0 Å². The number of anilines is 1. The van der Waals surface area contributed by atoms with Crippen LogP contribution < -0.4 is 9.67 Å². The predicted octanol–water partition coefficient (Wildman–Crippen LogP) is 5.07. The Balaban J connectivity index is 1.31. The molecule has 5 rings (SSSR count). The number of fused-ring (bicyclic) bond motifs is 3. The Bertz CT molecular complexity index is 1760. The molecular formula is C31H26AsNO6. The molecule has 0 spiro atoms. The molecule has 7 nitrogen and oxygen atoms in total. The number of aryl methyl sites for hydroxylation is 1. The average molecular weight is 583 g/mol. The number of phenolic OH excluding ortho intramolecular Hbond substituents is 1. The summed E-state index contributed by atoms with van der Waals surface area (Å²) in [4.78, 5) is 23.9. The van der Waals surface area contributed by atoms with E-state index in [4.69, 9.17) is 3.73 Å². The van der Waals surface area contributed by atoms with Crippen molar-refractivity contribution in [3.63, 3.8) is 0 Å². The fourth-order valence-electron chi connectivity index (χ4n) is 4.68. The average Bonchev–Trinajstić information content (AvgIpc) is 2.91. The van der Waals surface area contributed by atoms with Gasteiger partial charge in [-0.1, -0.05) is 24.3 Å². The molecule has 0 saturated carbocycles. The van der Waals surface area contributed by atoms with Gasteiger partial charge in [0.2, 0.25) is 0 Å². The standard InChI is InChI=1S/C31H26AsNO6/c1-20(34)33-30-19-24(35)15-16-29(30)32(37,38)39-31(36)17-12-21-10-13-22(14-11-21)28-18-23-6-2-3-7-25(23)26-8-4-5-9-27(26)28/h2-11,13-16,18-19,35H,12,17H2,1H3,(H,33,34)(H,37,38). The van der Waals surface area contributed by atoms with Crippen LogP contribution in [0.2, 0.25) is 0 Å². The Morgan fingerprint density at radius 3 is 2.23 bits per heavy atom. The van der Waals surface area contributed by atoms with Crippen LogP contribution in [-0.2, 0) is 23.5 Å². The van der Waals surface area contributed by atoms with Crippen molar-refractivity contribution in [2.45, 2.75) is 19.8 Å². The fraction of sp³-hybridized carbons (Fsp3) is 0.0968. The Labute approximate surface area is 228 Å². The van der Waals surface area contributed by atoms with Crippen LogP contribution in [0.3, 0.4) is 0 Å². The molecule has 0 aliphatic rings. The van der Waals surface area contributed by atoms with Gasteiger partial charge >= 0.3 is 204 Å². The molecule has 1 amide bonds. The molecule has 0 aromatic heterocycles. The van der Waals surface area contributed by atoms with Crippen LogP contribution in [0.1, 0.15) is 18.9 Å². The molecule has 0 aliphatic carbocycles. The second kappa shape index (κ2) is 10.8. The Morgan fingerprint density at radius 1 is 0.846 bits per heavy atom. The maximum atomic E-state index is 12.9. The van der Waals surface area contributed by atoms with Gasteiger partial charge in [-0.15, -0.1) is 0 Å². The van der Waals surface area contributed by atoms with Crippen molar-refractivity contribution in [2.24, 2.45) is 0 Å². The van der Waals surface area contributed by atoms with E-state index in [9.17, 15) is 22.5 Å². The number of phenols is 1. The number of hydrogen-bond donors (Lipinski definition) is 3. The second-order valence-electron chi connectivity index (χ2n) is 9.25. The summed E-state index contributed by atoms with van der Waals surface area (Å²) in [7, 11) is 0. The summed E-state index contributed by atoms with van der Waals surface area (Å²) in [6.07, 6.45) is 0.221. The van der Waals surface area contributed by atoms with Gasteiger partial charge in [0.05, 0.1) is 0 Å². The van der Waals surface area contributed by atoms with E-state index in [1.165, 1.54) is 29.8 Å². The van der Waals surface area contributed by atoms with E-state index < -0.39 is 26.0 Å². The molecule has 5 aromatic rings. The van der Waals surface area contributed by atoms with Gasteiger partial charge in [-0.05, 0) is 0 Å². The maximum absolute atomic E-state index is 12.9. The van der Waals surface area contributed by atoms with Gasteiger partial charge in [0.1, 0.15) is 0 Å². The first kappa shape index (κ1) is 26.3. The molecule has 5 aromatic carbocycles. The van der Waals surface area contributed by atoms with Crippen LogP contribution in [-0.4, -0.2) is 35.3 Å². The monoisotopic (exact) mass is 583 g/mol. The van der Waals surface area contributed by atoms with E-state index in [0.29, 0.717) is 6.42 Å². The zero-order valence-electron chi connectivity index (χ0n) is 21.1.